The van der Waals surface area contributed by atoms with Crippen LogP contribution in [0.15, 0.2) is 36.5 Å². The highest BCUT2D eigenvalue weighted by atomic mass is 32.2. The summed E-state index contributed by atoms with van der Waals surface area (Å²) in [4.78, 5) is 25.7. The van der Waals surface area contributed by atoms with Gasteiger partial charge in [-0.1, -0.05) is 30.3 Å². The molecule has 1 aliphatic carbocycles. The zero-order chi connectivity index (χ0) is 27.3. The lowest BCUT2D eigenvalue weighted by molar-refractivity contribution is -0.140. The van der Waals surface area contributed by atoms with Crippen molar-refractivity contribution in [3.8, 4) is 0 Å². The van der Waals surface area contributed by atoms with Crippen molar-refractivity contribution in [2.75, 3.05) is 55.0 Å². The lowest BCUT2D eigenvalue weighted by Crippen LogP contribution is -2.54. The van der Waals surface area contributed by atoms with Crippen LogP contribution < -0.4 is 15.1 Å². The molecule has 2 aromatic rings. The predicted molar refractivity (Wildman–Crippen MR) is 137 cm³/mol. The Morgan fingerprint density at radius 2 is 1.66 bits per heavy atom. The van der Waals surface area contributed by atoms with Crippen molar-refractivity contribution in [3.05, 3.63) is 47.8 Å². The molecule has 2 aliphatic heterocycles. The van der Waals surface area contributed by atoms with Crippen molar-refractivity contribution < 1.29 is 26.4 Å². The third-order valence-corrected chi connectivity index (χ3v) is 9.83. The summed E-state index contributed by atoms with van der Waals surface area (Å²) in [5.41, 5.74) is -1.31. The number of alkyl halides is 3. The normalized spacial score (nSPS) is 27.7. The average molecular weight is 553 g/mol. The molecule has 3 heterocycles. The number of sulfone groups is 1. The number of halogens is 3. The van der Waals surface area contributed by atoms with Gasteiger partial charge in [-0.3, -0.25) is 9.80 Å². The second-order valence-corrected chi connectivity index (χ2v) is 12.9. The van der Waals surface area contributed by atoms with Gasteiger partial charge in [0.2, 0.25) is 5.95 Å². The SMILES string of the molecule is CN(C)[C@]1(c2ccccc2)CC[C@@]2(CC1)CN(c1cnc(N3CCS(=O)(=O)CC3)nc1C(F)(F)F)C(=O)N2. The Morgan fingerprint density at radius 3 is 2.24 bits per heavy atom. The molecule has 1 aromatic heterocycles. The second-order valence-electron chi connectivity index (χ2n) is 10.6. The average Bonchev–Trinajstić information content (AvgIpc) is 3.19. The van der Waals surface area contributed by atoms with Gasteiger partial charge in [-0.25, -0.2) is 23.2 Å². The Morgan fingerprint density at radius 1 is 1.03 bits per heavy atom. The maximum absolute atomic E-state index is 14.1. The minimum Gasteiger partial charge on any atom is -0.339 e. The molecule has 0 bridgehead atoms. The summed E-state index contributed by atoms with van der Waals surface area (Å²) in [6.45, 7) is 0.112. The number of benzene rings is 1. The third-order valence-electron chi connectivity index (χ3n) is 8.22. The van der Waals surface area contributed by atoms with Gasteiger partial charge < -0.3 is 10.2 Å². The van der Waals surface area contributed by atoms with Crippen LogP contribution >= 0.6 is 0 Å². The summed E-state index contributed by atoms with van der Waals surface area (Å²) < 4.78 is 65.9. The highest BCUT2D eigenvalue weighted by molar-refractivity contribution is 7.91. The molecule has 38 heavy (non-hydrogen) atoms. The molecule has 2 amide bonds. The first-order valence-electron chi connectivity index (χ1n) is 12.6. The van der Waals surface area contributed by atoms with E-state index in [-0.39, 0.29) is 42.6 Å². The molecule has 3 fully saturated rings. The van der Waals surface area contributed by atoms with Crippen LogP contribution in [0.3, 0.4) is 0 Å². The van der Waals surface area contributed by atoms with E-state index in [0.717, 1.165) is 23.9 Å². The van der Waals surface area contributed by atoms with Crippen LogP contribution in [0.4, 0.5) is 29.6 Å². The van der Waals surface area contributed by atoms with Crippen LogP contribution in [0.5, 0.6) is 0 Å². The van der Waals surface area contributed by atoms with E-state index in [9.17, 15) is 26.4 Å². The number of carbonyl (C=O) groups excluding carboxylic acids is 1. The van der Waals surface area contributed by atoms with E-state index < -0.39 is 39.0 Å². The first-order valence-corrected chi connectivity index (χ1v) is 14.4. The van der Waals surface area contributed by atoms with Gasteiger partial charge in [0.1, 0.15) is 0 Å². The molecule has 0 unspecified atom stereocenters. The Bertz CT molecular complexity index is 1300. The number of hydrogen-bond donors (Lipinski definition) is 1. The van der Waals surface area contributed by atoms with Crippen molar-refractivity contribution >= 4 is 27.5 Å². The number of rotatable bonds is 4. The summed E-state index contributed by atoms with van der Waals surface area (Å²) in [6.07, 6.45) is -1.13. The molecule has 1 spiro atoms. The van der Waals surface area contributed by atoms with E-state index in [4.69, 9.17) is 0 Å². The molecule has 2 saturated heterocycles. The van der Waals surface area contributed by atoms with Crippen molar-refractivity contribution in [3.63, 3.8) is 0 Å². The van der Waals surface area contributed by atoms with Gasteiger partial charge in [0.15, 0.2) is 15.5 Å². The monoisotopic (exact) mass is 552 g/mol. The fourth-order valence-electron chi connectivity index (χ4n) is 5.91. The van der Waals surface area contributed by atoms with E-state index in [0.29, 0.717) is 12.8 Å². The minimum absolute atomic E-state index is 0.0152. The number of nitrogens with zero attached hydrogens (tertiary/aromatic N) is 5. The van der Waals surface area contributed by atoms with Crippen molar-refractivity contribution in [1.29, 1.82) is 0 Å². The van der Waals surface area contributed by atoms with E-state index in [1.165, 1.54) is 10.5 Å². The van der Waals surface area contributed by atoms with Crippen LogP contribution in [-0.2, 0) is 21.6 Å². The molecule has 3 aliphatic rings. The number of urea groups is 1. The van der Waals surface area contributed by atoms with Gasteiger partial charge in [-0.2, -0.15) is 13.2 Å². The van der Waals surface area contributed by atoms with E-state index in [1.54, 1.807) is 0 Å². The molecule has 9 nitrogen and oxygen atoms in total. The number of anilines is 2. The largest absolute Gasteiger partial charge is 0.435 e. The Hall–Kier alpha value is -2.93. The summed E-state index contributed by atoms with van der Waals surface area (Å²) in [6, 6.07) is 9.52. The topological polar surface area (TPSA) is 98.7 Å². The fraction of sp³-hybridized carbons (Fsp3) is 0.560. The Kier molecular flexibility index (Phi) is 6.57. The van der Waals surface area contributed by atoms with E-state index in [1.807, 2.05) is 32.3 Å². The first-order chi connectivity index (χ1) is 17.8. The molecule has 1 saturated carbocycles. The molecule has 5 rings (SSSR count). The lowest BCUT2D eigenvalue weighted by atomic mass is 9.69. The number of hydrogen-bond acceptors (Lipinski definition) is 7. The first kappa shape index (κ1) is 26.7. The lowest BCUT2D eigenvalue weighted by Gasteiger charge is -2.48. The zero-order valence-corrected chi connectivity index (χ0v) is 22.1. The molecule has 1 aromatic carbocycles. The standard InChI is InChI=1S/C25H31F3N6O3S/c1-32(2)24(18-6-4-3-5-7-18)10-8-23(9-11-24)17-34(22(35)31-23)19-16-29-21(30-20(19)25(26,27)28)33-12-14-38(36,37)15-13-33/h3-7,16H,8-15,17H2,1-2H3,(H,31,35)/t23-,24-. The van der Waals surface area contributed by atoms with E-state index >= 15 is 0 Å². The molecular weight excluding hydrogens is 521 g/mol. The maximum Gasteiger partial charge on any atom is 0.435 e. The van der Waals surface area contributed by atoms with Gasteiger partial charge >= 0.3 is 12.2 Å². The smallest absolute Gasteiger partial charge is 0.339 e. The quantitative estimate of drug-likeness (QED) is 0.623. The summed E-state index contributed by atoms with van der Waals surface area (Å²) in [5, 5.41) is 2.98. The zero-order valence-electron chi connectivity index (χ0n) is 21.3. The highest BCUT2D eigenvalue weighted by Crippen LogP contribution is 2.47. The fourth-order valence-corrected chi connectivity index (χ4v) is 7.11. The van der Waals surface area contributed by atoms with Crippen molar-refractivity contribution in [2.45, 2.75) is 42.9 Å². The summed E-state index contributed by atoms with van der Waals surface area (Å²) in [5.74, 6) is -0.538. The van der Waals surface area contributed by atoms with E-state index in [2.05, 4.69) is 32.3 Å². The van der Waals surface area contributed by atoms with Gasteiger partial charge in [-0.05, 0) is 45.3 Å². The number of nitrogens with one attached hydrogen (secondary N) is 1. The van der Waals surface area contributed by atoms with Crippen molar-refractivity contribution in [2.24, 2.45) is 0 Å². The van der Waals surface area contributed by atoms with Crippen LogP contribution in [0.2, 0.25) is 0 Å². The molecule has 206 valence electrons. The number of aromatic nitrogens is 2. The number of amides is 2. The van der Waals surface area contributed by atoms with Gasteiger partial charge in [0.25, 0.3) is 0 Å². The van der Waals surface area contributed by atoms with Gasteiger partial charge in [0.05, 0.1) is 35.5 Å². The molecule has 0 atom stereocenters. The van der Waals surface area contributed by atoms with Gasteiger partial charge in [0, 0.05) is 18.6 Å². The molecule has 1 N–H and O–H groups in total. The van der Waals surface area contributed by atoms with Crippen LogP contribution in [-0.4, -0.2) is 80.1 Å². The van der Waals surface area contributed by atoms with Crippen LogP contribution in [0.1, 0.15) is 36.9 Å². The number of carbonyl (C=O) groups is 1. The minimum atomic E-state index is -4.83. The Labute approximate surface area is 219 Å². The third kappa shape index (κ3) is 4.81. The molecular formula is C25H31F3N6O3S. The van der Waals surface area contributed by atoms with Gasteiger partial charge in [-0.15, -0.1) is 0 Å². The summed E-state index contributed by atoms with van der Waals surface area (Å²) >= 11 is 0. The van der Waals surface area contributed by atoms with Crippen LogP contribution in [0, 0.1) is 0 Å². The second kappa shape index (κ2) is 9.37. The molecule has 0 radical (unpaired) electrons. The Balaban J connectivity index is 1.39. The highest BCUT2D eigenvalue weighted by Gasteiger charge is 2.52. The van der Waals surface area contributed by atoms with Crippen LogP contribution in [0.25, 0.3) is 0 Å². The maximum atomic E-state index is 14.1. The van der Waals surface area contributed by atoms with Crippen molar-refractivity contribution in [1.82, 2.24) is 20.2 Å². The summed E-state index contributed by atoms with van der Waals surface area (Å²) in [7, 11) is 0.827. The molecule has 13 heteroatoms. The predicted octanol–water partition coefficient (Wildman–Crippen LogP) is 3.03.